The van der Waals surface area contributed by atoms with Crippen LogP contribution >= 0.6 is 23.5 Å². The molecule has 0 bridgehead atoms. The molecule has 1 aromatic heterocycles. The van der Waals surface area contributed by atoms with Crippen LogP contribution in [0.4, 0.5) is 5.69 Å². The molecule has 4 heteroatoms. The third-order valence-electron chi connectivity index (χ3n) is 12.0. The van der Waals surface area contributed by atoms with E-state index in [1.54, 1.807) is 5.57 Å². The van der Waals surface area contributed by atoms with Crippen molar-refractivity contribution in [2.75, 3.05) is 4.90 Å². The van der Waals surface area contributed by atoms with Crippen molar-refractivity contribution in [1.82, 2.24) is 4.98 Å². The summed E-state index contributed by atoms with van der Waals surface area (Å²) in [6.07, 6.45) is 16.2. The molecular formula is C49H36N2S2. The maximum Gasteiger partial charge on any atom is 0.0745 e. The maximum absolute atomic E-state index is 4.72. The number of para-hydroxylation sites is 1. The van der Waals surface area contributed by atoms with Gasteiger partial charge in [-0.1, -0.05) is 127 Å². The lowest BCUT2D eigenvalue weighted by molar-refractivity contribution is 0.489. The summed E-state index contributed by atoms with van der Waals surface area (Å²) in [6.45, 7) is 2.42. The molecule has 2 aliphatic carbocycles. The summed E-state index contributed by atoms with van der Waals surface area (Å²) < 4.78 is 0. The van der Waals surface area contributed by atoms with Crippen LogP contribution in [-0.4, -0.2) is 10.5 Å². The number of hydrogen-bond acceptors (Lipinski definition) is 4. The summed E-state index contributed by atoms with van der Waals surface area (Å²) in [4.78, 5) is 12.5. The summed E-state index contributed by atoms with van der Waals surface area (Å²) in [5.74, 6) is 0.292. The zero-order valence-corrected chi connectivity index (χ0v) is 31.0. The van der Waals surface area contributed by atoms with Crippen molar-refractivity contribution in [2.24, 2.45) is 5.92 Å². The highest BCUT2D eigenvalue weighted by Crippen LogP contribution is 2.62. The second-order valence-electron chi connectivity index (χ2n) is 14.8. The van der Waals surface area contributed by atoms with Gasteiger partial charge in [-0.3, -0.25) is 4.98 Å². The number of hydrogen-bond donors (Lipinski definition) is 0. The minimum atomic E-state index is -0.470. The Balaban J connectivity index is 1.11. The van der Waals surface area contributed by atoms with E-state index in [0.717, 1.165) is 24.1 Å². The largest absolute Gasteiger partial charge is 0.331 e. The van der Waals surface area contributed by atoms with Crippen molar-refractivity contribution in [3.63, 3.8) is 0 Å². The Hall–Kier alpha value is -5.29. The number of benzene rings is 5. The quantitative estimate of drug-likeness (QED) is 0.181. The van der Waals surface area contributed by atoms with Crippen LogP contribution in [0.3, 0.4) is 0 Å². The van der Waals surface area contributed by atoms with Crippen LogP contribution in [0.1, 0.15) is 47.6 Å². The Kier molecular flexibility index (Phi) is 6.99. The first-order valence-electron chi connectivity index (χ1n) is 18.5. The first-order chi connectivity index (χ1) is 26.1. The standard InChI is InChI=1S/C49H36N2S2/c1-48-27-26-33(29-40(48)36-15-5-8-19-43(36)51(48)35-13-3-2-4-14-35)32-23-25-46-41(30-32)49(37-16-6-9-20-44(37)52-45-21-10-7-17-38(45)49)39-24-22-34(31-47(39)53-46)42-18-11-12-28-50-42/h2-4,6-14,16-31,40H,5,15H2,1H3/t40-,48?/m1/s1. The zero-order valence-electron chi connectivity index (χ0n) is 29.4. The Morgan fingerprint density at radius 3 is 2.13 bits per heavy atom. The molecule has 2 nitrogen and oxygen atoms in total. The van der Waals surface area contributed by atoms with Gasteiger partial charge in [-0.05, 0) is 119 Å². The lowest BCUT2D eigenvalue weighted by atomic mass is 9.64. The van der Waals surface area contributed by atoms with Gasteiger partial charge >= 0.3 is 0 Å². The van der Waals surface area contributed by atoms with E-state index in [4.69, 9.17) is 4.98 Å². The summed E-state index contributed by atoms with van der Waals surface area (Å²) in [6, 6.07) is 49.6. The van der Waals surface area contributed by atoms with Crippen LogP contribution in [0, 0.1) is 5.92 Å². The van der Waals surface area contributed by atoms with Gasteiger partial charge in [0.2, 0.25) is 0 Å². The number of allylic oxidation sites excluding steroid dienone is 4. The highest BCUT2D eigenvalue weighted by Gasteiger charge is 2.50. The fourth-order valence-electron chi connectivity index (χ4n) is 9.62. The van der Waals surface area contributed by atoms with Gasteiger partial charge in [0.15, 0.2) is 0 Å². The molecule has 53 heavy (non-hydrogen) atoms. The smallest absolute Gasteiger partial charge is 0.0745 e. The molecule has 5 aliphatic rings. The van der Waals surface area contributed by atoms with Crippen molar-refractivity contribution >= 4 is 34.8 Å². The summed E-state index contributed by atoms with van der Waals surface area (Å²) >= 11 is 3.79. The second kappa shape index (κ2) is 11.9. The number of fused-ring (bicyclic) bond motifs is 10. The molecule has 0 radical (unpaired) electrons. The van der Waals surface area contributed by atoms with Crippen LogP contribution in [-0.2, 0) is 5.41 Å². The molecular weight excluding hydrogens is 681 g/mol. The van der Waals surface area contributed by atoms with Crippen LogP contribution < -0.4 is 4.90 Å². The Bertz CT molecular complexity index is 2550. The van der Waals surface area contributed by atoms with E-state index in [1.165, 1.54) is 64.4 Å². The summed E-state index contributed by atoms with van der Waals surface area (Å²) in [5, 5.41) is 0. The highest BCUT2D eigenvalue weighted by molar-refractivity contribution is 8.00. The summed E-state index contributed by atoms with van der Waals surface area (Å²) in [5.41, 5.74) is 13.7. The van der Waals surface area contributed by atoms with E-state index in [2.05, 4.69) is 170 Å². The lowest BCUT2D eigenvalue weighted by Crippen LogP contribution is -2.45. The van der Waals surface area contributed by atoms with Crippen molar-refractivity contribution in [3.05, 3.63) is 209 Å². The molecule has 254 valence electrons. The summed E-state index contributed by atoms with van der Waals surface area (Å²) in [7, 11) is 0. The average Bonchev–Trinajstić information content (AvgIpc) is 3.48. The molecule has 0 fully saturated rings. The SMILES string of the molecule is CC12C=CC(c3ccc4c(c3)C3(c5ccccc5Sc5ccccc53)c3ccc(-c5ccccn5)cc3S4)=C[C@@H]1C1=C(C=CCC1)N2c1ccccc1. The number of rotatable bonds is 3. The molecule has 1 spiro atoms. The molecule has 5 aromatic carbocycles. The van der Waals surface area contributed by atoms with Gasteiger partial charge in [0.1, 0.15) is 0 Å². The molecule has 0 N–H and O–H groups in total. The van der Waals surface area contributed by atoms with Crippen LogP contribution in [0.2, 0.25) is 0 Å². The van der Waals surface area contributed by atoms with Gasteiger partial charge in [-0.2, -0.15) is 0 Å². The molecule has 3 aliphatic heterocycles. The molecule has 4 heterocycles. The predicted molar refractivity (Wildman–Crippen MR) is 220 cm³/mol. The van der Waals surface area contributed by atoms with Crippen molar-refractivity contribution < 1.29 is 0 Å². The van der Waals surface area contributed by atoms with Gasteiger partial charge in [0.05, 0.1) is 16.6 Å². The predicted octanol–water partition coefficient (Wildman–Crippen LogP) is 12.5. The number of anilines is 1. The number of nitrogens with zero attached hydrogens (tertiary/aromatic N) is 2. The average molecular weight is 717 g/mol. The van der Waals surface area contributed by atoms with Crippen molar-refractivity contribution in [2.45, 2.75) is 50.3 Å². The first kappa shape index (κ1) is 31.3. The fraction of sp³-hybridized carbons (Fsp3) is 0.122. The Morgan fingerprint density at radius 2 is 1.34 bits per heavy atom. The third-order valence-corrected chi connectivity index (χ3v) is 14.2. The van der Waals surface area contributed by atoms with Gasteiger partial charge in [0, 0.05) is 48.6 Å². The van der Waals surface area contributed by atoms with Gasteiger partial charge in [-0.25, -0.2) is 0 Å². The monoisotopic (exact) mass is 716 g/mol. The van der Waals surface area contributed by atoms with E-state index in [1.807, 2.05) is 35.8 Å². The van der Waals surface area contributed by atoms with Crippen LogP contribution in [0.25, 0.3) is 16.8 Å². The molecule has 2 atom stereocenters. The number of aromatic nitrogens is 1. The van der Waals surface area contributed by atoms with E-state index >= 15 is 0 Å². The third kappa shape index (κ3) is 4.52. The minimum Gasteiger partial charge on any atom is -0.331 e. The van der Waals surface area contributed by atoms with E-state index < -0.39 is 5.41 Å². The van der Waals surface area contributed by atoms with Gasteiger partial charge < -0.3 is 4.90 Å². The van der Waals surface area contributed by atoms with E-state index in [9.17, 15) is 0 Å². The zero-order chi connectivity index (χ0) is 35.1. The van der Waals surface area contributed by atoms with Gasteiger partial charge in [-0.15, -0.1) is 0 Å². The normalized spacial score (nSPS) is 21.3. The minimum absolute atomic E-state index is 0.168. The molecule has 0 saturated heterocycles. The Labute approximate surface area is 319 Å². The molecule has 6 aromatic rings. The fourth-order valence-corrected chi connectivity index (χ4v) is 12.0. The second-order valence-corrected chi connectivity index (χ2v) is 16.9. The Morgan fingerprint density at radius 1 is 0.642 bits per heavy atom. The first-order valence-corrected chi connectivity index (χ1v) is 20.2. The topological polar surface area (TPSA) is 16.1 Å². The van der Waals surface area contributed by atoms with Crippen molar-refractivity contribution in [3.8, 4) is 11.3 Å². The molecule has 0 amide bonds. The van der Waals surface area contributed by atoms with Crippen LogP contribution in [0.5, 0.6) is 0 Å². The van der Waals surface area contributed by atoms with E-state index in [0.29, 0.717) is 5.92 Å². The van der Waals surface area contributed by atoms with Crippen LogP contribution in [0.15, 0.2) is 201 Å². The maximum atomic E-state index is 4.72. The van der Waals surface area contributed by atoms with E-state index in [-0.39, 0.29) is 5.54 Å². The number of pyridine rings is 1. The lowest BCUT2D eigenvalue weighted by Gasteiger charge is -2.46. The van der Waals surface area contributed by atoms with Crippen molar-refractivity contribution in [1.29, 1.82) is 0 Å². The molecule has 1 unspecified atom stereocenters. The van der Waals surface area contributed by atoms with Gasteiger partial charge in [0.25, 0.3) is 0 Å². The molecule has 0 saturated carbocycles. The molecule has 11 rings (SSSR count). The highest BCUT2D eigenvalue weighted by atomic mass is 32.2.